The summed E-state index contributed by atoms with van der Waals surface area (Å²) in [5, 5.41) is 10.7. The normalized spacial score (nSPS) is 20.8. The monoisotopic (exact) mass is 229 g/mol. The summed E-state index contributed by atoms with van der Waals surface area (Å²) in [5.74, 6) is 0.724. The number of aromatic nitrogens is 2. The smallest absolute Gasteiger partial charge is 0.225 e. The Morgan fingerprint density at radius 3 is 3.06 bits per heavy atom. The van der Waals surface area contributed by atoms with Crippen molar-refractivity contribution in [3.05, 3.63) is 30.5 Å². The van der Waals surface area contributed by atoms with Gasteiger partial charge < -0.3 is 10.0 Å². The van der Waals surface area contributed by atoms with E-state index >= 15 is 0 Å². The van der Waals surface area contributed by atoms with Crippen LogP contribution in [0, 0.1) is 0 Å². The van der Waals surface area contributed by atoms with E-state index in [1.165, 1.54) is 0 Å². The molecule has 1 aliphatic rings. The van der Waals surface area contributed by atoms with Crippen molar-refractivity contribution in [2.75, 3.05) is 18.0 Å². The maximum Gasteiger partial charge on any atom is 0.225 e. The second kappa shape index (κ2) is 4.30. The number of piperidine rings is 1. The number of fused-ring (bicyclic) bond motifs is 1. The molecule has 2 aromatic rings. The van der Waals surface area contributed by atoms with Gasteiger partial charge in [0.25, 0.3) is 0 Å². The number of β-amino-alcohol motifs (C(OH)–C–C–N with tert-alkyl or cyclic N) is 1. The molecule has 2 heterocycles. The van der Waals surface area contributed by atoms with Crippen LogP contribution in [0.2, 0.25) is 0 Å². The van der Waals surface area contributed by atoms with Crippen LogP contribution in [0.3, 0.4) is 0 Å². The molecule has 0 bridgehead atoms. The lowest BCUT2D eigenvalue weighted by atomic mass is 10.1. The molecule has 1 atom stereocenters. The number of nitrogens with zero attached hydrogens (tertiary/aromatic N) is 3. The van der Waals surface area contributed by atoms with Crippen molar-refractivity contribution < 1.29 is 5.11 Å². The molecule has 1 aromatic carbocycles. The molecule has 1 N–H and O–H groups in total. The van der Waals surface area contributed by atoms with Crippen LogP contribution in [0.5, 0.6) is 0 Å². The van der Waals surface area contributed by atoms with E-state index in [0.29, 0.717) is 6.54 Å². The first-order valence-corrected chi connectivity index (χ1v) is 5.98. The van der Waals surface area contributed by atoms with Gasteiger partial charge in [0.1, 0.15) is 0 Å². The minimum absolute atomic E-state index is 0.251. The minimum atomic E-state index is -0.251. The molecule has 4 nitrogen and oxygen atoms in total. The van der Waals surface area contributed by atoms with Gasteiger partial charge in [-0.15, -0.1) is 0 Å². The highest BCUT2D eigenvalue weighted by Gasteiger charge is 2.19. The maximum atomic E-state index is 9.66. The molecule has 0 radical (unpaired) electrons. The molecular formula is C13H15N3O. The van der Waals surface area contributed by atoms with Crippen molar-refractivity contribution >= 4 is 16.9 Å². The molecule has 4 heteroatoms. The summed E-state index contributed by atoms with van der Waals surface area (Å²) in [5.41, 5.74) is 0.956. The van der Waals surface area contributed by atoms with E-state index in [9.17, 15) is 5.11 Å². The van der Waals surface area contributed by atoms with Crippen LogP contribution in [-0.2, 0) is 0 Å². The van der Waals surface area contributed by atoms with Crippen LogP contribution in [-0.4, -0.2) is 34.3 Å². The zero-order valence-corrected chi connectivity index (χ0v) is 9.58. The fraction of sp³-hybridized carbons (Fsp3) is 0.385. The number of aliphatic hydroxyl groups is 1. The SMILES string of the molecule is O[C@H]1CCCN(c2ncc3ccccc3n2)C1. The summed E-state index contributed by atoms with van der Waals surface area (Å²) < 4.78 is 0. The van der Waals surface area contributed by atoms with Gasteiger partial charge in [-0.2, -0.15) is 0 Å². The molecule has 0 aliphatic carbocycles. The standard InChI is InChI=1S/C13H15N3O/c17-11-5-3-7-16(9-11)13-14-8-10-4-1-2-6-12(10)15-13/h1-2,4,6,8,11,17H,3,5,7,9H2/t11-/m0/s1. The fourth-order valence-corrected chi connectivity index (χ4v) is 2.25. The zero-order valence-electron chi connectivity index (χ0n) is 9.58. The van der Waals surface area contributed by atoms with Crippen molar-refractivity contribution in [3.63, 3.8) is 0 Å². The van der Waals surface area contributed by atoms with Gasteiger partial charge in [-0.25, -0.2) is 9.97 Å². The summed E-state index contributed by atoms with van der Waals surface area (Å²) in [6.07, 6.45) is 3.47. The number of aliphatic hydroxyl groups excluding tert-OH is 1. The van der Waals surface area contributed by atoms with Crippen LogP contribution in [0.25, 0.3) is 10.9 Å². The number of anilines is 1. The zero-order chi connectivity index (χ0) is 11.7. The molecule has 1 aromatic heterocycles. The third-order valence-corrected chi connectivity index (χ3v) is 3.16. The van der Waals surface area contributed by atoms with Crippen molar-refractivity contribution in [2.24, 2.45) is 0 Å². The first-order valence-electron chi connectivity index (χ1n) is 5.98. The first kappa shape index (κ1) is 10.5. The van der Waals surface area contributed by atoms with Gasteiger partial charge in [0.15, 0.2) is 0 Å². The number of hydrogen-bond donors (Lipinski definition) is 1. The predicted molar refractivity (Wildman–Crippen MR) is 67.0 cm³/mol. The summed E-state index contributed by atoms with van der Waals surface area (Å²) >= 11 is 0. The van der Waals surface area contributed by atoms with Gasteiger partial charge in [-0.05, 0) is 18.9 Å². The molecule has 88 valence electrons. The molecule has 3 rings (SSSR count). The van der Waals surface area contributed by atoms with Gasteiger partial charge >= 0.3 is 0 Å². The average molecular weight is 229 g/mol. The quantitative estimate of drug-likeness (QED) is 0.806. The van der Waals surface area contributed by atoms with E-state index in [2.05, 4.69) is 14.9 Å². The van der Waals surface area contributed by atoms with E-state index < -0.39 is 0 Å². The van der Waals surface area contributed by atoms with Crippen LogP contribution in [0.4, 0.5) is 5.95 Å². The molecule has 1 fully saturated rings. The van der Waals surface area contributed by atoms with Crippen molar-refractivity contribution in [2.45, 2.75) is 18.9 Å². The third-order valence-electron chi connectivity index (χ3n) is 3.16. The van der Waals surface area contributed by atoms with E-state index in [0.717, 1.165) is 36.2 Å². The van der Waals surface area contributed by atoms with Gasteiger partial charge in [0.2, 0.25) is 5.95 Å². The third kappa shape index (κ3) is 2.08. The highest BCUT2D eigenvalue weighted by molar-refractivity contribution is 5.78. The van der Waals surface area contributed by atoms with E-state index in [4.69, 9.17) is 0 Å². The topological polar surface area (TPSA) is 49.2 Å². The van der Waals surface area contributed by atoms with E-state index in [1.807, 2.05) is 30.5 Å². The Morgan fingerprint density at radius 2 is 2.18 bits per heavy atom. The Labute approximate surface area is 99.9 Å². The van der Waals surface area contributed by atoms with Crippen molar-refractivity contribution in [1.82, 2.24) is 9.97 Å². The summed E-state index contributed by atoms with van der Waals surface area (Å²) in [7, 11) is 0. The second-order valence-corrected chi connectivity index (χ2v) is 4.47. The predicted octanol–water partition coefficient (Wildman–Crippen LogP) is 1.59. The van der Waals surface area contributed by atoms with E-state index in [-0.39, 0.29) is 6.10 Å². The number of benzene rings is 1. The van der Waals surface area contributed by atoms with Gasteiger partial charge in [-0.1, -0.05) is 18.2 Å². The highest BCUT2D eigenvalue weighted by Crippen LogP contribution is 2.18. The fourth-order valence-electron chi connectivity index (χ4n) is 2.25. The number of rotatable bonds is 1. The second-order valence-electron chi connectivity index (χ2n) is 4.47. The molecule has 0 unspecified atom stereocenters. The van der Waals surface area contributed by atoms with Crippen molar-refractivity contribution in [3.8, 4) is 0 Å². The van der Waals surface area contributed by atoms with Crippen LogP contribution in [0.1, 0.15) is 12.8 Å². The highest BCUT2D eigenvalue weighted by atomic mass is 16.3. The average Bonchev–Trinajstić information content (AvgIpc) is 2.38. The molecule has 1 saturated heterocycles. The van der Waals surface area contributed by atoms with Crippen LogP contribution in [0.15, 0.2) is 30.5 Å². The number of hydrogen-bond acceptors (Lipinski definition) is 4. The van der Waals surface area contributed by atoms with E-state index in [1.54, 1.807) is 0 Å². The van der Waals surface area contributed by atoms with Gasteiger partial charge in [0, 0.05) is 24.7 Å². The molecule has 0 saturated carbocycles. The molecule has 0 amide bonds. The van der Waals surface area contributed by atoms with Crippen LogP contribution < -0.4 is 4.90 Å². The Kier molecular flexibility index (Phi) is 2.65. The largest absolute Gasteiger partial charge is 0.391 e. The molecule has 1 aliphatic heterocycles. The lowest BCUT2D eigenvalue weighted by molar-refractivity contribution is 0.153. The minimum Gasteiger partial charge on any atom is -0.391 e. The van der Waals surface area contributed by atoms with Crippen LogP contribution >= 0.6 is 0 Å². The maximum absolute atomic E-state index is 9.66. The summed E-state index contributed by atoms with van der Waals surface area (Å²) in [6, 6.07) is 7.95. The first-order chi connectivity index (χ1) is 8.33. The summed E-state index contributed by atoms with van der Waals surface area (Å²) in [6.45, 7) is 1.56. The Hall–Kier alpha value is -1.68. The summed E-state index contributed by atoms with van der Waals surface area (Å²) in [4.78, 5) is 11.0. The van der Waals surface area contributed by atoms with Gasteiger partial charge in [-0.3, -0.25) is 0 Å². The lowest BCUT2D eigenvalue weighted by Crippen LogP contribution is -2.39. The molecule has 17 heavy (non-hydrogen) atoms. The lowest BCUT2D eigenvalue weighted by Gasteiger charge is -2.30. The van der Waals surface area contributed by atoms with Crippen molar-refractivity contribution in [1.29, 1.82) is 0 Å². The Balaban J connectivity index is 1.94. The Bertz CT molecular complexity index is 529. The molecule has 0 spiro atoms. The Morgan fingerprint density at radius 1 is 1.29 bits per heavy atom. The van der Waals surface area contributed by atoms with Gasteiger partial charge in [0.05, 0.1) is 11.6 Å². The number of para-hydroxylation sites is 1. The molecular weight excluding hydrogens is 214 g/mol.